The molecule has 1 fully saturated rings. The van der Waals surface area contributed by atoms with Crippen LogP contribution in [-0.2, 0) is 22.5 Å². The van der Waals surface area contributed by atoms with Crippen molar-refractivity contribution in [3.05, 3.63) is 47.5 Å². The second kappa shape index (κ2) is 8.22. The number of likely N-dealkylation sites (N-methyl/N-ethyl adjacent to an activating group) is 1. The first-order valence-electron chi connectivity index (χ1n) is 8.68. The molecule has 1 aliphatic rings. The van der Waals surface area contributed by atoms with E-state index >= 15 is 0 Å². The van der Waals surface area contributed by atoms with Crippen LogP contribution in [0.3, 0.4) is 0 Å². The van der Waals surface area contributed by atoms with Gasteiger partial charge in [-0.25, -0.2) is 4.98 Å². The summed E-state index contributed by atoms with van der Waals surface area (Å²) in [6.45, 7) is 4.77. The maximum Gasteiger partial charge on any atom is 0.236 e. The van der Waals surface area contributed by atoms with Crippen molar-refractivity contribution in [3.8, 4) is 0 Å². The van der Waals surface area contributed by atoms with Crippen LogP contribution in [0.25, 0.3) is 0 Å². The molecule has 0 unspecified atom stereocenters. The topological polar surface area (TPSA) is 74.3 Å². The molecule has 2 heterocycles. The summed E-state index contributed by atoms with van der Waals surface area (Å²) in [4.78, 5) is 20.9. The van der Waals surface area contributed by atoms with E-state index in [4.69, 9.17) is 4.74 Å². The van der Waals surface area contributed by atoms with Crippen LogP contribution >= 0.6 is 0 Å². The third-order valence-electron chi connectivity index (χ3n) is 4.29. The number of aromatic nitrogens is 3. The Balaban J connectivity index is 1.54. The minimum absolute atomic E-state index is 0.109. The minimum atomic E-state index is -0.256. The number of carbonyl (C=O) groups excluding carboxylic acids is 1. The smallest absolute Gasteiger partial charge is 0.236 e. The summed E-state index contributed by atoms with van der Waals surface area (Å²) in [7, 11) is 1.96. The number of aromatic amines is 1. The summed E-state index contributed by atoms with van der Waals surface area (Å²) in [6, 6.07) is 10.2. The summed E-state index contributed by atoms with van der Waals surface area (Å²) < 4.78 is 5.75. The first-order valence-corrected chi connectivity index (χ1v) is 8.68. The number of morpholine rings is 1. The normalized spacial score (nSPS) is 17.9. The number of nitrogens with one attached hydrogen (secondary N) is 1. The zero-order valence-corrected chi connectivity index (χ0v) is 14.8. The fraction of sp³-hybridized carbons (Fsp3) is 0.500. The molecule has 134 valence electrons. The van der Waals surface area contributed by atoms with Gasteiger partial charge in [0.15, 0.2) is 5.82 Å². The molecule has 1 atom stereocenters. The number of benzene rings is 1. The molecule has 0 spiro atoms. The fourth-order valence-corrected chi connectivity index (χ4v) is 2.93. The Labute approximate surface area is 148 Å². The van der Waals surface area contributed by atoms with Crippen LogP contribution in [0.5, 0.6) is 0 Å². The highest BCUT2D eigenvalue weighted by atomic mass is 16.5. The first kappa shape index (κ1) is 17.6. The molecule has 1 saturated heterocycles. The van der Waals surface area contributed by atoms with Crippen LogP contribution in [0.15, 0.2) is 30.3 Å². The summed E-state index contributed by atoms with van der Waals surface area (Å²) >= 11 is 0. The van der Waals surface area contributed by atoms with E-state index in [9.17, 15) is 4.79 Å². The lowest BCUT2D eigenvalue weighted by Crippen LogP contribution is -2.46. The van der Waals surface area contributed by atoms with Crippen molar-refractivity contribution < 1.29 is 9.53 Å². The third-order valence-corrected chi connectivity index (χ3v) is 4.29. The number of H-pyrrole nitrogens is 1. The SMILES string of the molecule is CCc1nc([C@H]2CN(C(=O)CN(C)Cc3ccccc3)CCO2)n[nH]1. The van der Waals surface area contributed by atoms with Gasteiger partial charge < -0.3 is 9.64 Å². The molecule has 0 saturated carbocycles. The van der Waals surface area contributed by atoms with E-state index in [1.807, 2.05) is 42.0 Å². The van der Waals surface area contributed by atoms with Crippen LogP contribution in [-0.4, -0.2) is 64.2 Å². The second-order valence-corrected chi connectivity index (χ2v) is 6.35. The van der Waals surface area contributed by atoms with Crippen molar-refractivity contribution in [2.45, 2.75) is 26.0 Å². The van der Waals surface area contributed by atoms with E-state index in [1.165, 1.54) is 5.56 Å². The van der Waals surface area contributed by atoms with Gasteiger partial charge in [-0.05, 0) is 12.6 Å². The highest BCUT2D eigenvalue weighted by molar-refractivity contribution is 5.78. The van der Waals surface area contributed by atoms with Crippen molar-refractivity contribution in [3.63, 3.8) is 0 Å². The van der Waals surface area contributed by atoms with Gasteiger partial charge in [0.2, 0.25) is 5.91 Å². The molecule has 1 aromatic carbocycles. The molecule has 0 aliphatic carbocycles. The number of nitrogens with zero attached hydrogens (tertiary/aromatic N) is 4. The van der Waals surface area contributed by atoms with E-state index in [0.717, 1.165) is 18.8 Å². The predicted molar refractivity (Wildman–Crippen MR) is 93.8 cm³/mol. The highest BCUT2D eigenvalue weighted by Gasteiger charge is 2.28. The predicted octanol–water partition coefficient (Wildman–Crippen LogP) is 1.40. The van der Waals surface area contributed by atoms with Crippen LogP contribution < -0.4 is 0 Å². The van der Waals surface area contributed by atoms with Gasteiger partial charge in [-0.3, -0.25) is 14.8 Å². The number of carbonyl (C=O) groups is 1. The standard InChI is InChI=1S/C18H25N5O2/c1-3-16-19-18(21-20-16)15-12-23(9-10-25-15)17(24)13-22(2)11-14-7-5-4-6-8-14/h4-8,15H,3,9-13H2,1-2H3,(H,19,20,21)/t15-/m1/s1. The van der Waals surface area contributed by atoms with Gasteiger partial charge in [-0.1, -0.05) is 37.3 Å². The number of rotatable bonds is 6. The summed E-state index contributed by atoms with van der Waals surface area (Å²) in [6.07, 6.45) is 0.542. The van der Waals surface area contributed by atoms with Crippen LogP contribution in [0, 0.1) is 0 Å². The van der Waals surface area contributed by atoms with Crippen molar-refractivity contribution in [2.75, 3.05) is 33.3 Å². The Kier molecular flexibility index (Phi) is 5.78. The quantitative estimate of drug-likeness (QED) is 0.858. The van der Waals surface area contributed by atoms with Gasteiger partial charge >= 0.3 is 0 Å². The van der Waals surface area contributed by atoms with Gasteiger partial charge in [0.05, 0.1) is 19.7 Å². The van der Waals surface area contributed by atoms with Crippen molar-refractivity contribution >= 4 is 5.91 Å². The average molecular weight is 343 g/mol. The molecule has 1 aliphatic heterocycles. The van der Waals surface area contributed by atoms with Crippen molar-refractivity contribution in [1.29, 1.82) is 0 Å². The molecular formula is C18H25N5O2. The van der Waals surface area contributed by atoms with Crippen molar-refractivity contribution in [1.82, 2.24) is 25.0 Å². The lowest BCUT2D eigenvalue weighted by Gasteiger charge is -2.32. The fourth-order valence-electron chi connectivity index (χ4n) is 2.93. The van der Waals surface area contributed by atoms with E-state index in [1.54, 1.807) is 0 Å². The minimum Gasteiger partial charge on any atom is -0.366 e. The van der Waals surface area contributed by atoms with Gasteiger partial charge in [0.1, 0.15) is 11.9 Å². The van der Waals surface area contributed by atoms with Gasteiger partial charge in [-0.15, -0.1) is 0 Å². The van der Waals surface area contributed by atoms with E-state index < -0.39 is 0 Å². The molecule has 1 aromatic heterocycles. The Morgan fingerprint density at radius 2 is 2.20 bits per heavy atom. The summed E-state index contributed by atoms with van der Waals surface area (Å²) in [5, 5.41) is 7.12. The molecule has 7 nitrogen and oxygen atoms in total. The Hall–Kier alpha value is -2.25. The largest absolute Gasteiger partial charge is 0.366 e. The Morgan fingerprint density at radius 3 is 2.92 bits per heavy atom. The first-order chi connectivity index (χ1) is 12.2. The van der Waals surface area contributed by atoms with Crippen molar-refractivity contribution in [2.24, 2.45) is 0 Å². The van der Waals surface area contributed by atoms with E-state index in [-0.39, 0.29) is 12.0 Å². The molecule has 1 amide bonds. The second-order valence-electron chi connectivity index (χ2n) is 6.35. The highest BCUT2D eigenvalue weighted by Crippen LogP contribution is 2.19. The average Bonchev–Trinajstić information content (AvgIpc) is 3.12. The number of aryl methyl sites for hydroxylation is 1. The maximum atomic E-state index is 12.6. The van der Waals surface area contributed by atoms with Gasteiger partial charge in [0, 0.05) is 19.5 Å². The zero-order chi connectivity index (χ0) is 17.6. The molecular weight excluding hydrogens is 318 g/mol. The van der Waals surface area contributed by atoms with Gasteiger partial charge in [0.25, 0.3) is 0 Å². The molecule has 3 rings (SSSR count). The summed E-state index contributed by atoms with van der Waals surface area (Å²) in [5.41, 5.74) is 1.20. The lowest BCUT2D eigenvalue weighted by molar-refractivity contribution is -0.140. The lowest BCUT2D eigenvalue weighted by atomic mass is 10.2. The molecule has 1 N–H and O–H groups in total. The Bertz CT molecular complexity index is 688. The molecule has 0 bridgehead atoms. The summed E-state index contributed by atoms with van der Waals surface area (Å²) in [5.74, 6) is 1.58. The van der Waals surface area contributed by atoms with E-state index in [0.29, 0.717) is 32.1 Å². The molecule has 25 heavy (non-hydrogen) atoms. The maximum absolute atomic E-state index is 12.6. The third kappa shape index (κ3) is 4.64. The molecule has 7 heteroatoms. The number of ether oxygens (including phenoxy) is 1. The Morgan fingerprint density at radius 1 is 1.40 bits per heavy atom. The zero-order valence-electron chi connectivity index (χ0n) is 14.8. The number of hydrogen-bond acceptors (Lipinski definition) is 5. The van der Waals surface area contributed by atoms with Crippen LogP contribution in [0.4, 0.5) is 0 Å². The number of hydrogen-bond donors (Lipinski definition) is 1. The monoisotopic (exact) mass is 343 g/mol. The molecule has 0 radical (unpaired) electrons. The van der Waals surface area contributed by atoms with Crippen LogP contribution in [0.2, 0.25) is 0 Å². The number of amides is 1. The van der Waals surface area contributed by atoms with E-state index in [2.05, 4.69) is 27.3 Å². The van der Waals surface area contributed by atoms with Gasteiger partial charge in [-0.2, -0.15) is 5.10 Å². The van der Waals surface area contributed by atoms with Crippen LogP contribution in [0.1, 0.15) is 30.2 Å². The molecule has 2 aromatic rings.